The van der Waals surface area contributed by atoms with Gasteiger partial charge in [0.1, 0.15) is 5.82 Å². The van der Waals surface area contributed by atoms with E-state index in [1.165, 1.54) is 25.7 Å². The van der Waals surface area contributed by atoms with Gasteiger partial charge in [0, 0.05) is 48.8 Å². The Morgan fingerprint density at radius 3 is 2.79 bits per heavy atom. The van der Waals surface area contributed by atoms with Crippen molar-refractivity contribution >= 4 is 29.1 Å². The number of hydrogen-bond donors (Lipinski definition) is 1. The number of aryl methyl sites for hydroxylation is 1. The van der Waals surface area contributed by atoms with Crippen LogP contribution >= 0.6 is 11.8 Å². The first-order chi connectivity index (χ1) is 16.1. The number of carbonyl (C=O) groups excluding carboxylic acids is 1. The molecule has 6 rings (SSSR count). The Bertz CT molecular complexity index is 1030. The number of aromatic nitrogens is 3. The van der Waals surface area contributed by atoms with Crippen LogP contribution in [0.3, 0.4) is 0 Å². The van der Waals surface area contributed by atoms with Crippen molar-refractivity contribution in [3.8, 4) is 0 Å². The van der Waals surface area contributed by atoms with Crippen LogP contribution in [0.1, 0.15) is 75.1 Å². The average molecular weight is 469 g/mol. The van der Waals surface area contributed by atoms with Gasteiger partial charge in [0.05, 0.1) is 17.0 Å². The van der Waals surface area contributed by atoms with E-state index < -0.39 is 0 Å². The Morgan fingerprint density at radius 1 is 1.12 bits per heavy atom. The van der Waals surface area contributed by atoms with E-state index in [1.807, 2.05) is 16.3 Å². The second kappa shape index (κ2) is 8.77. The van der Waals surface area contributed by atoms with Gasteiger partial charge in [-0.05, 0) is 57.8 Å². The number of likely N-dealkylation sites (tertiary alicyclic amines) is 1. The van der Waals surface area contributed by atoms with E-state index in [2.05, 4.69) is 29.0 Å². The van der Waals surface area contributed by atoms with E-state index in [9.17, 15) is 4.79 Å². The van der Waals surface area contributed by atoms with Crippen molar-refractivity contribution in [2.45, 2.75) is 87.3 Å². The third kappa shape index (κ3) is 4.03. The number of piperidine rings is 1. The lowest BCUT2D eigenvalue weighted by Gasteiger charge is -2.36. The topological polar surface area (TPSA) is 79.8 Å². The second-order valence-electron chi connectivity index (χ2n) is 10.6. The smallest absolute Gasteiger partial charge is 0.236 e. The van der Waals surface area contributed by atoms with Crippen molar-refractivity contribution in [2.75, 3.05) is 24.5 Å². The van der Waals surface area contributed by atoms with E-state index in [0.717, 1.165) is 80.4 Å². The zero-order valence-electron chi connectivity index (χ0n) is 19.7. The number of amides is 1. The third-order valence-corrected chi connectivity index (χ3v) is 9.94. The lowest BCUT2D eigenvalue weighted by Crippen LogP contribution is -2.42. The fraction of sp³-hybridized carbons (Fsp3) is 0.720. The molecule has 3 saturated heterocycles. The van der Waals surface area contributed by atoms with E-state index in [0.29, 0.717) is 11.2 Å². The summed E-state index contributed by atoms with van der Waals surface area (Å²) in [6.07, 6.45) is 12.7. The maximum Gasteiger partial charge on any atom is 0.236 e. The number of rotatable bonds is 3. The quantitative estimate of drug-likeness (QED) is 0.740. The first-order valence-electron chi connectivity index (χ1n) is 12.9. The molecule has 178 valence electrons. The summed E-state index contributed by atoms with van der Waals surface area (Å²) >= 11 is 1.97. The summed E-state index contributed by atoms with van der Waals surface area (Å²) in [5, 5.41) is 5.77. The molecule has 0 radical (unpaired) electrons. The molecule has 4 fully saturated rings. The molecule has 1 amide bonds. The molecule has 2 aromatic rings. The average Bonchev–Trinajstić information content (AvgIpc) is 3.55. The van der Waals surface area contributed by atoms with Crippen molar-refractivity contribution in [1.29, 1.82) is 0 Å². The van der Waals surface area contributed by atoms with Crippen molar-refractivity contribution in [3.05, 3.63) is 23.5 Å². The summed E-state index contributed by atoms with van der Waals surface area (Å²) in [6, 6.07) is 2.40. The van der Waals surface area contributed by atoms with Crippen LogP contribution in [0.4, 0.5) is 5.82 Å². The lowest BCUT2D eigenvalue weighted by molar-refractivity contribution is -0.134. The molecule has 8 heteroatoms. The van der Waals surface area contributed by atoms with Crippen LogP contribution in [0.2, 0.25) is 0 Å². The summed E-state index contributed by atoms with van der Waals surface area (Å²) in [7, 11) is 0. The molecule has 2 N–H and O–H groups in total. The van der Waals surface area contributed by atoms with Gasteiger partial charge in [0.15, 0.2) is 5.65 Å². The van der Waals surface area contributed by atoms with Gasteiger partial charge in [0.2, 0.25) is 5.91 Å². The molecule has 5 heterocycles. The van der Waals surface area contributed by atoms with Crippen LogP contribution in [0.5, 0.6) is 0 Å². The molecule has 7 nitrogen and oxygen atoms in total. The molecule has 4 aliphatic rings. The predicted octanol–water partition coefficient (Wildman–Crippen LogP) is 3.69. The molecule has 3 unspecified atom stereocenters. The largest absolute Gasteiger partial charge is 0.355 e. The molecular weight excluding hydrogens is 432 g/mol. The molecule has 2 aromatic heterocycles. The Balaban J connectivity index is 1.25. The van der Waals surface area contributed by atoms with Gasteiger partial charge in [-0.2, -0.15) is 5.10 Å². The number of carbonyl (C=O) groups is 1. The molecule has 0 spiro atoms. The van der Waals surface area contributed by atoms with Gasteiger partial charge >= 0.3 is 0 Å². The minimum Gasteiger partial charge on any atom is -0.355 e. The van der Waals surface area contributed by atoms with Crippen molar-refractivity contribution < 1.29 is 4.79 Å². The number of thioether (sulfide) groups is 1. The number of nitrogens with two attached hydrogens (primary N) is 1. The highest BCUT2D eigenvalue weighted by Crippen LogP contribution is 2.47. The maximum atomic E-state index is 13.7. The third-order valence-electron chi connectivity index (χ3n) is 8.25. The fourth-order valence-electron chi connectivity index (χ4n) is 6.49. The van der Waals surface area contributed by atoms with Crippen molar-refractivity contribution in [1.82, 2.24) is 19.5 Å². The molecule has 0 bridgehead atoms. The number of hydrogen-bond acceptors (Lipinski definition) is 6. The van der Waals surface area contributed by atoms with Gasteiger partial charge in [0.25, 0.3) is 0 Å². The van der Waals surface area contributed by atoms with Gasteiger partial charge in [-0.1, -0.05) is 12.8 Å². The molecule has 33 heavy (non-hydrogen) atoms. The van der Waals surface area contributed by atoms with Crippen LogP contribution in [-0.4, -0.2) is 61.6 Å². The number of anilines is 1. The van der Waals surface area contributed by atoms with Gasteiger partial charge in [-0.15, -0.1) is 11.8 Å². The second-order valence-corrected chi connectivity index (χ2v) is 12.0. The Kier molecular flexibility index (Phi) is 5.77. The van der Waals surface area contributed by atoms with Crippen LogP contribution in [0, 0.1) is 12.8 Å². The SMILES string of the molecule is Cc1cn2nc([C@@H]3CCCCN3C(=O)C3CC4CCCCC4S3)cc2nc1N1CC[C@H](N)C1. The minimum absolute atomic E-state index is 0.0696. The lowest BCUT2D eigenvalue weighted by atomic mass is 9.85. The van der Waals surface area contributed by atoms with Gasteiger partial charge in [-0.3, -0.25) is 4.79 Å². The zero-order chi connectivity index (χ0) is 22.5. The Morgan fingerprint density at radius 2 is 1.97 bits per heavy atom. The highest BCUT2D eigenvalue weighted by atomic mass is 32.2. The summed E-state index contributed by atoms with van der Waals surface area (Å²) in [6.45, 7) is 4.77. The highest BCUT2D eigenvalue weighted by molar-refractivity contribution is 8.01. The molecule has 5 atom stereocenters. The first-order valence-corrected chi connectivity index (χ1v) is 13.8. The first kappa shape index (κ1) is 21.7. The minimum atomic E-state index is 0.0696. The molecule has 1 aliphatic carbocycles. The summed E-state index contributed by atoms with van der Waals surface area (Å²) < 4.78 is 1.90. The zero-order valence-corrected chi connectivity index (χ0v) is 20.5. The molecule has 3 aliphatic heterocycles. The van der Waals surface area contributed by atoms with Crippen LogP contribution in [0.15, 0.2) is 12.3 Å². The fourth-order valence-corrected chi connectivity index (χ4v) is 8.30. The van der Waals surface area contributed by atoms with Crippen molar-refractivity contribution in [2.24, 2.45) is 11.7 Å². The van der Waals surface area contributed by atoms with E-state index in [4.69, 9.17) is 15.8 Å². The highest BCUT2D eigenvalue weighted by Gasteiger charge is 2.43. The van der Waals surface area contributed by atoms with E-state index in [1.54, 1.807) is 0 Å². The molecule has 0 aromatic carbocycles. The summed E-state index contributed by atoms with van der Waals surface area (Å²) in [5.74, 6) is 2.12. The normalized spacial score (nSPS) is 32.5. The monoisotopic (exact) mass is 468 g/mol. The standard InChI is InChI=1S/C25H36N6OS/c1-16-14-31-23(27-24(16)29-11-9-18(26)15-29)13-19(28-31)20-7-4-5-10-30(20)25(32)22-12-17-6-2-3-8-21(17)33-22/h13-14,17-18,20-22H,2-12,15,26H2,1H3/t17?,18-,20-,21?,22?/m0/s1. The molecule has 1 saturated carbocycles. The predicted molar refractivity (Wildman–Crippen MR) is 133 cm³/mol. The van der Waals surface area contributed by atoms with Gasteiger partial charge < -0.3 is 15.5 Å². The van der Waals surface area contributed by atoms with E-state index in [-0.39, 0.29) is 17.3 Å². The van der Waals surface area contributed by atoms with Gasteiger partial charge in [-0.25, -0.2) is 9.50 Å². The Hall–Kier alpha value is -1.80. The Labute approximate surface area is 200 Å². The number of fused-ring (bicyclic) bond motifs is 2. The van der Waals surface area contributed by atoms with E-state index >= 15 is 0 Å². The number of nitrogens with zero attached hydrogens (tertiary/aromatic N) is 5. The van der Waals surface area contributed by atoms with Crippen LogP contribution in [-0.2, 0) is 4.79 Å². The van der Waals surface area contributed by atoms with Crippen molar-refractivity contribution in [3.63, 3.8) is 0 Å². The maximum absolute atomic E-state index is 13.7. The summed E-state index contributed by atoms with van der Waals surface area (Å²) in [4.78, 5) is 23.1. The van der Waals surface area contributed by atoms with Crippen LogP contribution < -0.4 is 10.6 Å². The summed E-state index contributed by atoms with van der Waals surface area (Å²) in [5.41, 5.74) is 9.11. The molecular formula is C25H36N6OS. The van der Waals surface area contributed by atoms with Crippen LogP contribution in [0.25, 0.3) is 5.65 Å².